The Hall–Kier alpha value is -1.76. The van der Waals surface area contributed by atoms with Crippen molar-refractivity contribution in [2.75, 3.05) is 0 Å². The minimum Gasteiger partial charge on any atom is -0.456 e. The SMILES string of the molecule is O=C(OCc1ccc(F)cc1Cl)c1csc(-c2cccs2)n1. The van der Waals surface area contributed by atoms with E-state index in [4.69, 9.17) is 16.3 Å². The molecule has 0 unspecified atom stereocenters. The number of benzene rings is 1. The third kappa shape index (κ3) is 3.35. The van der Waals surface area contributed by atoms with Crippen LogP contribution in [0.15, 0.2) is 41.1 Å². The molecule has 0 atom stereocenters. The highest BCUT2D eigenvalue weighted by atomic mass is 35.5. The maximum absolute atomic E-state index is 12.9. The van der Waals surface area contributed by atoms with Crippen LogP contribution in [0.2, 0.25) is 5.02 Å². The van der Waals surface area contributed by atoms with Crippen LogP contribution in [0.25, 0.3) is 9.88 Å². The lowest BCUT2D eigenvalue weighted by Gasteiger charge is -2.05. The summed E-state index contributed by atoms with van der Waals surface area (Å²) in [6.07, 6.45) is 0. The van der Waals surface area contributed by atoms with Gasteiger partial charge >= 0.3 is 5.97 Å². The van der Waals surface area contributed by atoms with Crippen LogP contribution < -0.4 is 0 Å². The van der Waals surface area contributed by atoms with Crippen molar-refractivity contribution in [3.8, 4) is 9.88 Å². The zero-order valence-corrected chi connectivity index (χ0v) is 13.5. The van der Waals surface area contributed by atoms with Gasteiger partial charge in [-0.1, -0.05) is 23.7 Å². The summed E-state index contributed by atoms with van der Waals surface area (Å²) in [6.45, 7) is -0.0240. The summed E-state index contributed by atoms with van der Waals surface area (Å²) < 4.78 is 18.1. The molecule has 0 spiro atoms. The van der Waals surface area contributed by atoms with Crippen LogP contribution in [0.3, 0.4) is 0 Å². The van der Waals surface area contributed by atoms with Gasteiger partial charge in [0, 0.05) is 10.9 Å². The number of nitrogens with zero attached hydrogens (tertiary/aromatic N) is 1. The Balaban J connectivity index is 1.67. The Bertz CT molecular complexity index is 802. The number of hydrogen-bond acceptors (Lipinski definition) is 5. The molecule has 7 heteroatoms. The van der Waals surface area contributed by atoms with Gasteiger partial charge in [-0.15, -0.1) is 22.7 Å². The molecule has 2 aromatic heterocycles. The molecule has 112 valence electrons. The van der Waals surface area contributed by atoms with Crippen LogP contribution in [-0.2, 0) is 11.3 Å². The fourth-order valence-corrected chi connectivity index (χ4v) is 3.56. The largest absolute Gasteiger partial charge is 0.456 e. The fourth-order valence-electron chi connectivity index (χ4n) is 1.74. The monoisotopic (exact) mass is 353 g/mol. The van der Waals surface area contributed by atoms with Crippen molar-refractivity contribution in [2.24, 2.45) is 0 Å². The van der Waals surface area contributed by atoms with Gasteiger partial charge in [0.05, 0.1) is 9.90 Å². The molecule has 22 heavy (non-hydrogen) atoms. The van der Waals surface area contributed by atoms with Crippen LogP contribution in [0.4, 0.5) is 4.39 Å². The highest BCUT2D eigenvalue weighted by Crippen LogP contribution is 2.28. The minimum atomic E-state index is -0.528. The predicted octanol–water partition coefficient (Wildman–Crippen LogP) is 5.02. The number of halogens is 2. The van der Waals surface area contributed by atoms with E-state index >= 15 is 0 Å². The van der Waals surface area contributed by atoms with Gasteiger partial charge in [-0.3, -0.25) is 0 Å². The highest BCUT2D eigenvalue weighted by Gasteiger charge is 2.14. The van der Waals surface area contributed by atoms with Crippen molar-refractivity contribution in [2.45, 2.75) is 6.61 Å². The van der Waals surface area contributed by atoms with Gasteiger partial charge in [0.25, 0.3) is 0 Å². The molecule has 0 amide bonds. The number of hydrogen-bond donors (Lipinski definition) is 0. The number of carbonyl (C=O) groups excluding carboxylic acids is 1. The second kappa shape index (κ2) is 6.56. The zero-order valence-electron chi connectivity index (χ0n) is 11.1. The maximum atomic E-state index is 12.9. The molecule has 0 aliphatic rings. The Labute approximate surface area is 139 Å². The van der Waals surface area contributed by atoms with Crippen molar-refractivity contribution in [3.63, 3.8) is 0 Å². The fraction of sp³-hybridized carbons (Fsp3) is 0.0667. The molecule has 0 N–H and O–H groups in total. The van der Waals surface area contributed by atoms with Crippen LogP contribution >= 0.6 is 34.3 Å². The molecule has 2 heterocycles. The molecule has 3 rings (SSSR count). The predicted molar refractivity (Wildman–Crippen MR) is 86.0 cm³/mol. The van der Waals surface area contributed by atoms with E-state index in [0.717, 1.165) is 9.88 Å². The van der Waals surface area contributed by atoms with Crippen LogP contribution in [0.5, 0.6) is 0 Å². The van der Waals surface area contributed by atoms with Crippen molar-refractivity contribution >= 4 is 40.2 Å². The van der Waals surface area contributed by atoms with E-state index < -0.39 is 11.8 Å². The lowest BCUT2D eigenvalue weighted by atomic mass is 10.2. The highest BCUT2D eigenvalue weighted by molar-refractivity contribution is 7.20. The Kier molecular flexibility index (Phi) is 4.52. The molecule has 0 aliphatic carbocycles. The van der Waals surface area contributed by atoms with E-state index in [2.05, 4.69) is 4.98 Å². The van der Waals surface area contributed by atoms with E-state index in [1.807, 2.05) is 17.5 Å². The summed E-state index contributed by atoms with van der Waals surface area (Å²) in [5.74, 6) is -0.959. The van der Waals surface area contributed by atoms with Crippen LogP contribution in [0, 0.1) is 5.82 Å². The molecular formula is C15H9ClFNO2S2. The number of esters is 1. The summed E-state index contributed by atoms with van der Waals surface area (Å²) in [4.78, 5) is 17.3. The molecule has 0 saturated carbocycles. The number of aromatic nitrogens is 1. The van der Waals surface area contributed by atoms with Gasteiger partial charge in [-0.05, 0) is 23.6 Å². The van der Waals surface area contributed by atoms with E-state index in [1.54, 1.807) is 16.7 Å². The van der Waals surface area contributed by atoms with Crippen LogP contribution in [-0.4, -0.2) is 11.0 Å². The number of rotatable bonds is 4. The minimum absolute atomic E-state index is 0.0240. The van der Waals surface area contributed by atoms with E-state index in [1.165, 1.54) is 29.5 Å². The van der Waals surface area contributed by atoms with Gasteiger partial charge in [0.2, 0.25) is 0 Å². The van der Waals surface area contributed by atoms with Gasteiger partial charge in [-0.25, -0.2) is 14.2 Å². The number of thiophene rings is 1. The molecule has 0 aliphatic heterocycles. The maximum Gasteiger partial charge on any atom is 0.358 e. The second-order valence-electron chi connectivity index (χ2n) is 4.33. The molecule has 0 bridgehead atoms. The van der Waals surface area contributed by atoms with E-state index in [9.17, 15) is 9.18 Å². The van der Waals surface area contributed by atoms with Crippen LogP contribution in [0.1, 0.15) is 16.1 Å². The third-order valence-electron chi connectivity index (χ3n) is 2.82. The quantitative estimate of drug-likeness (QED) is 0.618. The lowest BCUT2D eigenvalue weighted by molar-refractivity contribution is 0.0467. The van der Waals surface area contributed by atoms with E-state index in [0.29, 0.717) is 5.56 Å². The first-order valence-electron chi connectivity index (χ1n) is 6.24. The van der Waals surface area contributed by atoms with E-state index in [-0.39, 0.29) is 17.3 Å². The van der Waals surface area contributed by atoms with Crippen molar-refractivity contribution in [3.05, 3.63) is 63.2 Å². The average molecular weight is 354 g/mol. The standard InChI is InChI=1S/C15H9ClFNO2S2/c16-11-6-10(17)4-3-9(11)7-20-15(19)12-8-22-14(18-12)13-2-1-5-21-13/h1-6,8H,7H2. The normalized spacial score (nSPS) is 10.6. The van der Waals surface area contributed by atoms with Crippen molar-refractivity contribution in [1.82, 2.24) is 4.98 Å². The lowest BCUT2D eigenvalue weighted by Crippen LogP contribution is -2.06. The number of ether oxygens (including phenoxy) is 1. The van der Waals surface area contributed by atoms with Crippen molar-refractivity contribution < 1.29 is 13.9 Å². The molecule has 0 fully saturated rings. The van der Waals surface area contributed by atoms with Gasteiger partial charge in [-0.2, -0.15) is 0 Å². The number of carbonyl (C=O) groups is 1. The smallest absolute Gasteiger partial charge is 0.358 e. The Morgan fingerprint density at radius 2 is 2.18 bits per heavy atom. The molecule has 3 nitrogen and oxygen atoms in total. The molecule has 1 aromatic carbocycles. The summed E-state index contributed by atoms with van der Waals surface area (Å²) in [5, 5.41) is 4.61. The Morgan fingerprint density at radius 1 is 1.32 bits per heavy atom. The first-order chi connectivity index (χ1) is 10.6. The summed E-state index contributed by atoms with van der Waals surface area (Å²) in [6, 6.07) is 7.81. The molecule has 0 saturated heterocycles. The number of thiazole rings is 1. The third-order valence-corrected chi connectivity index (χ3v) is 5.05. The summed E-state index contributed by atoms with van der Waals surface area (Å²) in [5.41, 5.74) is 0.803. The first-order valence-corrected chi connectivity index (χ1v) is 8.37. The molecule has 3 aromatic rings. The van der Waals surface area contributed by atoms with Gasteiger partial charge < -0.3 is 4.74 Å². The molecule has 0 radical (unpaired) electrons. The second-order valence-corrected chi connectivity index (χ2v) is 6.54. The van der Waals surface area contributed by atoms with Gasteiger partial charge in [0.15, 0.2) is 5.69 Å². The van der Waals surface area contributed by atoms with Crippen molar-refractivity contribution in [1.29, 1.82) is 0 Å². The molecular weight excluding hydrogens is 345 g/mol. The zero-order chi connectivity index (χ0) is 15.5. The average Bonchev–Trinajstić information content (AvgIpc) is 3.17. The summed E-state index contributed by atoms with van der Waals surface area (Å²) >= 11 is 8.83. The topological polar surface area (TPSA) is 39.2 Å². The Morgan fingerprint density at radius 3 is 2.91 bits per heavy atom. The first kappa shape index (κ1) is 15.1. The van der Waals surface area contributed by atoms with Gasteiger partial charge in [0.1, 0.15) is 17.4 Å². The summed E-state index contributed by atoms with van der Waals surface area (Å²) in [7, 11) is 0.